The van der Waals surface area contributed by atoms with E-state index in [1.807, 2.05) is 7.05 Å². The molecule has 1 fully saturated rings. The fraction of sp³-hybridized carbons (Fsp3) is 0.571. The zero-order chi connectivity index (χ0) is 12.1. The second-order valence-corrected chi connectivity index (χ2v) is 4.35. The van der Waals surface area contributed by atoms with Crippen molar-refractivity contribution in [3.8, 4) is 0 Å². The Kier molecular flexibility index (Phi) is 4.54. The lowest BCUT2D eigenvalue weighted by Gasteiger charge is -2.30. The van der Waals surface area contributed by atoms with Crippen LogP contribution in [0.25, 0.3) is 0 Å². The van der Waals surface area contributed by atoms with Crippen LogP contribution in [-0.4, -0.2) is 33.0 Å². The number of likely N-dealkylation sites (N-methyl/N-ethyl adjacent to an activating group) is 1. The maximum Gasteiger partial charge on any atom is 0.100 e. The molecule has 0 spiro atoms. The minimum atomic E-state index is 0.112. The maximum atomic E-state index is 5.75. The molecule has 1 saturated heterocycles. The summed E-state index contributed by atoms with van der Waals surface area (Å²) in [4.78, 5) is 0. The third kappa shape index (κ3) is 3.06. The summed E-state index contributed by atoms with van der Waals surface area (Å²) < 4.78 is 11.2. The molecule has 0 saturated carbocycles. The van der Waals surface area contributed by atoms with Crippen molar-refractivity contribution in [2.45, 2.75) is 25.5 Å². The molecular weight excluding hydrogens is 214 g/mol. The van der Waals surface area contributed by atoms with Gasteiger partial charge in [0.1, 0.15) is 6.10 Å². The number of ether oxygens (including phenoxy) is 2. The molecular formula is C14H21NO2. The highest BCUT2D eigenvalue weighted by Gasteiger charge is 2.25. The predicted molar refractivity (Wildman–Crippen MR) is 68.2 cm³/mol. The zero-order valence-electron chi connectivity index (χ0n) is 10.6. The number of hydrogen-bond acceptors (Lipinski definition) is 3. The molecule has 1 aromatic carbocycles. The van der Waals surface area contributed by atoms with Crippen LogP contribution in [0.1, 0.15) is 24.1 Å². The second kappa shape index (κ2) is 6.15. The van der Waals surface area contributed by atoms with Crippen molar-refractivity contribution in [2.24, 2.45) is 0 Å². The van der Waals surface area contributed by atoms with Gasteiger partial charge < -0.3 is 14.8 Å². The lowest BCUT2D eigenvalue weighted by Crippen LogP contribution is -2.39. The standard InChI is InChI=1S/C14H21NO2/c1-3-11-4-6-12(7-5-11)14(15-2)13-10-16-8-9-17-13/h4-7,13-15H,3,8-10H2,1-2H3. The van der Waals surface area contributed by atoms with Gasteiger partial charge in [0.25, 0.3) is 0 Å². The van der Waals surface area contributed by atoms with Gasteiger partial charge in [-0.05, 0) is 24.6 Å². The number of rotatable bonds is 4. The van der Waals surface area contributed by atoms with Crippen molar-refractivity contribution in [3.63, 3.8) is 0 Å². The first-order valence-corrected chi connectivity index (χ1v) is 6.30. The first-order chi connectivity index (χ1) is 8.35. The van der Waals surface area contributed by atoms with E-state index in [9.17, 15) is 0 Å². The van der Waals surface area contributed by atoms with Crippen LogP contribution in [0.15, 0.2) is 24.3 Å². The van der Waals surface area contributed by atoms with Crippen LogP contribution in [0.4, 0.5) is 0 Å². The first-order valence-electron chi connectivity index (χ1n) is 6.30. The number of benzene rings is 1. The maximum absolute atomic E-state index is 5.75. The van der Waals surface area contributed by atoms with Crippen molar-refractivity contribution in [1.82, 2.24) is 5.32 Å². The van der Waals surface area contributed by atoms with E-state index in [-0.39, 0.29) is 12.1 Å². The monoisotopic (exact) mass is 235 g/mol. The van der Waals surface area contributed by atoms with Crippen LogP contribution in [0.3, 0.4) is 0 Å². The van der Waals surface area contributed by atoms with E-state index < -0.39 is 0 Å². The molecule has 2 unspecified atom stereocenters. The quantitative estimate of drug-likeness (QED) is 0.865. The summed E-state index contributed by atoms with van der Waals surface area (Å²) in [7, 11) is 1.97. The van der Waals surface area contributed by atoms with Crippen LogP contribution in [0.5, 0.6) is 0 Å². The molecule has 1 N–H and O–H groups in total. The highest BCUT2D eigenvalue weighted by atomic mass is 16.6. The van der Waals surface area contributed by atoms with E-state index in [0.717, 1.165) is 6.42 Å². The molecule has 3 nitrogen and oxygen atoms in total. The molecule has 2 rings (SSSR count). The van der Waals surface area contributed by atoms with Crippen LogP contribution in [-0.2, 0) is 15.9 Å². The molecule has 1 aliphatic heterocycles. The topological polar surface area (TPSA) is 30.5 Å². The first kappa shape index (κ1) is 12.6. The van der Waals surface area contributed by atoms with Gasteiger partial charge in [-0.15, -0.1) is 0 Å². The second-order valence-electron chi connectivity index (χ2n) is 4.35. The van der Waals surface area contributed by atoms with Gasteiger partial charge in [0.15, 0.2) is 0 Å². The Morgan fingerprint density at radius 2 is 2.06 bits per heavy atom. The summed E-state index contributed by atoms with van der Waals surface area (Å²) in [5.41, 5.74) is 2.63. The van der Waals surface area contributed by atoms with Crippen LogP contribution < -0.4 is 5.32 Å². The Hall–Kier alpha value is -0.900. The lowest BCUT2D eigenvalue weighted by atomic mass is 9.99. The van der Waals surface area contributed by atoms with Gasteiger partial charge in [0, 0.05) is 0 Å². The van der Waals surface area contributed by atoms with Crippen molar-refractivity contribution in [2.75, 3.05) is 26.9 Å². The molecule has 0 aromatic heterocycles. The van der Waals surface area contributed by atoms with Gasteiger partial charge in [0.05, 0.1) is 25.9 Å². The molecule has 0 amide bonds. The van der Waals surface area contributed by atoms with Crippen molar-refractivity contribution in [3.05, 3.63) is 35.4 Å². The van der Waals surface area contributed by atoms with Gasteiger partial charge in [0.2, 0.25) is 0 Å². The minimum Gasteiger partial charge on any atom is -0.376 e. The number of aryl methyl sites for hydroxylation is 1. The highest BCUT2D eigenvalue weighted by molar-refractivity contribution is 5.26. The van der Waals surface area contributed by atoms with Crippen molar-refractivity contribution < 1.29 is 9.47 Å². The Morgan fingerprint density at radius 3 is 2.59 bits per heavy atom. The van der Waals surface area contributed by atoms with Crippen LogP contribution in [0.2, 0.25) is 0 Å². The predicted octanol–water partition coefficient (Wildman–Crippen LogP) is 1.92. The van der Waals surface area contributed by atoms with Crippen molar-refractivity contribution in [1.29, 1.82) is 0 Å². The molecule has 94 valence electrons. The van der Waals surface area contributed by atoms with Gasteiger partial charge in [-0.2, -0.15) is 0 Å². The lowest BCUT2D eigenvalue weighted by molar-refractivity contribution is -0.101. The normalized spacial score (nSPS) is 22.4. The molecule has 1 aliphatic rings. The summed E-state index contributed by atoms with van der Waals surface area (Å²) in [5.74, 6) is 0. The van der Waals surface area contributed by atoms with Gasteiger partial charge in [-0.1, -0.05) is 31.2 Å². The zero-order valence-corrected chi connectivity index (χ0v) is 10.6. The van der Waals surface area contributed by atoms with Gasteiger partial charge >= 0.3 is 0 Å². The number of hydrogen-bond donors (Lipinski definition) is 1. The SMILES string of the molecule is CCc1ccc(C(NC)C2COCCO2)cc1. The average Bonchev–Trinajstić information content (AvgIpc) is 2.42. The summed E-state index contributed by atoms with van der Waals surface area (Å²) in [6, 6.07) is 8.93. The van der Waals surface area contributed by atoms with E-state index in [2.05, 4.69) is 36.5 Å². The van der Waals surface area contributed by atoms with E-state index in [0.29, 0.717) is 19.8 Å². The minimum absolute atomic E-state index is 0.112. The fourth-order valence-electron chi connectivity index (χ4n) is 2.23. The largest absolute Gasteiger partial charge is 0.376 e. The molecule has 1 aromatic rings. The molecule has 0 radical (unpaired) electrons. The Balaban J connectivity index is 2.10. The Labute approximate surface area is 103 Å². The Bertz CT molecular complexity index is 331. The third-order valence-corrected chi connectivity index (χ3v) is 3.27. The summed E-state index contributed by atoms with van der Waals surface area (Å²) in [5, 5.41) is 3.32. The Morgan fingerprint density at radius 1 is 1.29 bits per heavy atom. The summed E-state index contributed by atoms with van der Waals surface area (Å²) >= 11 is 0. The average molecular weight is 235 g/mol. The molecule has 17 heavy (non-hydrogen) atoms. The van der Waals surface area contributed by atoms with E-state index in [4.69, 9.17) is 9.47 Å². The van der Waals surface area contributed by atoms with Crippen LogP contribution in [0, 0.1) is 0 Å². The molecule has 3 heteroatoms. The van der Waals surface area contributed by atoms with Gasteiger partial charge in [-0.25, -0.2) is 0 Å². The van der Waals surface area contributed by atoms with E-state index in [1.54, 1.807) is 0 Å². The summed E-state index contributed by atoms with van der Waals surface area (Å²) in [6.07, 6.45) is 1.19. The smallest absolute Gasteiger partial charge is 0.100 e. The molecule has 1 heterocycles. The van der Waals surface area contributed by atoms with Crippen molar-refractivity contribution >= 4 is 0 Å². The summed E-state index contributed by atoms with van der Waals surface area (Å²) in [6.45, 7) is 4.24. The highest BCUT2D eigenvalue weighted by Crippen LogP contribution is 2.21. The van der Waals surface area contributed by atoms with E-state index in [1.165, 1.54) is 11.1 Å². The molecule has 0 bridgehead atoms. The fourth-order valence-corrected chi connectivity index (χ4v) is 2.23. The van der Waals surface area contributed by atoms with E-state index >= 15 is 0 Å². The number of nitrogens with one attached hydrogen (secondary N) is 1. The molecule has 2 atom stereocenters. The van der Waals surface area contributed by atoms with Crippen LogP contribution >= 0.6 is 0 Å². The molecule has 0 aliphatic carbocycles. The third-order valence-electron chi connectivity index (χ3n) is 3.27. The van der Waals surface area contributed by atoms with Gasteiger partial charge in [-0.3, -0.25) is 0 Å².